The second-order valence-electron chi connectivity index (χ2n) is 6.91. The summed E-state index contributed by atoms with van der Waals surface area (Å²) in [6.07, 6.45) is 1.35. The number of hydrogen-bond donors (Lipinski definition) is 2. The Morgan fingerprint density at radius 1 is 1.12 bits per heavy atom. The lowest BCUT2D eigenvalue weighted by Crippen LogP contribution is -2.18. The lowest BCUT2D eigenvalue weighted by Gasteiger charge is -2.09. The van der Waals surface area contributed by atoms with E-state index in [1.54, 1.807) is 48.5 Å². The Balaban J connectivity index is 1.64. The van der Waals surface area contributed by atoms with Crippen LogP contribution in [0.4, 0.5) is 4.39 Å². The van der Waals surface area contributed by atoms with Crippen molar-refractivity contribution in [3.63, 3.8) is 0 Å². The van der Waals surface area contributed by atoms with Crippen LogP contribution >= 0.6 is 0 Å². The van der Waals surface area contributed by atoms with E-state index in [0.29, 0.717) is 45.6 Å². The van der Waals surface area contributed by atoms with Gasteiger partial charge < -0.3 is 9.84 Å². The fraction of sp³-hybridized carbons (Fsp3) is 0.0800. The molecule has 2 N–H and O–H groups in total. The maximum atomic E-state index is 13.3. The SMILES string of the molecule is CCOc1cccc(C=NNC(=O)c2cc(-c3ccc(F)cc3)nc3ccccc23)c1O. The number of aromatic nitrogens is 1. The van der Waals surface area contributed by atoms with E-state index in [1.807, 2.05) is 19.1 Å². The molecule has 0 radical (unpaired) electrons. The minimum atomic E-state index is -0.441. The average Bonchev–Trinajstić information content (AvgIpc) is 2.81. The molecule has 0 atom stereocenters. The van der Waals surface area contributed by atoms with Crippen LogP contribution in [0.1, 0.15) is 22.8 Å². The van der Waals surface area contributed by atoms with Crippen LogP contribution in [-0.4, -0.2) is 28.8 Å². The van der Waals surface area contributed by atoms with Crippen molar-refractivity contribution < 1.29 is 19.0 Å². The number of nitrogens with zero attached hydrogens (tertiary/aromatic N) is 2. The summed E-state index contributed by atoms with van der Waals surface area (Å²) < 4.78 is 18.7. The summed E-state index contributed by atoms with van der Waals surface area (Å²) in [7, 11) is 0. The zero-order valence-electron chi connectivity index (χ0n) is 17.2. The summed E-state index contributed by atoms with van der Waals surface area (Å²) in [4.78, 5) is 17.5. The van der Waals surface area contributed by atoms with Gasteiger partial charge in [-0.2, -0.15) is 5.10 Å². The number of carbonyl (C=O) groups is 1. The van der Waals surface area contributed by atoms with Crippen molar-refractivity contribution in [1.29, 1.82) is 0 Å². The Bertz CT molecular complexity index is 1300. The summed E-state index contributed by atoms with van der Waals surface area (Å²) in [6.45, 7) is 2.23. The van der Waals surface area contributed by atoms with E-state index < -0.39 is 5.91 Å². The van der Waals surface area contributed by atoms with Crippen LogP contribution in [0.5, 0.6) is 11.5 Å². The van der Waals surface area contributed by atoms with Gasteiger partial charge in [-0.15, -0.1) is 0 Å². The van der Waals surface area contributed by atoms with E-state index in [4.69, 9.17) is 4.74 Å². The third-order valence-electron chi connectivity index (χ3n) is 4.80. The molecule has 32 heavy (non-hydrogen) atoms. The van der Waals surface area contributed by atoms with Gasteiger partial charge in [-0.3, -0.25) is 4.79 Å². The normalized spacial score (nSPS) is 11.1. The first kappa shape index (κ1) is 21.0. The molecule has 0 aliphatic heterocycles. The number of amides is 1. The second-order valence-corrected chi connectivity index (χ2v) is 6.91. The molecular weight excluding hydrogens is 409 g/mol. The molecule has 0 fully saturated rings. The lowest BCUT2D eigenvalue weighted by atomic mass is 10.0. The number of nitrogens with one attached hydrogen (secondary N) is 1. The Morgan fingerprint density at radius 3 is 2.69 bits per heavy atom. The minimum Gasteiger partial charge on any atom is -0.504 e. The van der Waals surface area contributed by atoms with Gasteiger partial charge in [0.1, 0.15) is 5.82 Å². The summed E-state index contributed by atoms with van der Waals surface area (Å²) in [5.41, 5.74) is 5.14. The van der Waals surface area contributed by atoms with Gasteiger partial charge in [-0.25, -0.2) is 14.8 Å². The maximum Gasteiger partial charge on any atom is 0.272 e. The van der Waals surface area contributed by atoms with Crippen molar-refractivity contribution in [2.24, 2.45) is 5.10 Å². The summed E-state index contributed by atoms with van der Waals surface area (Å²) in [6, 6.07) is 19.8. The number of ether oxygens (including phenoxy) is 1. The van der Waals surface area contributed by atoms with Crippen molar-refractivity contribution in [2.75, 3.05) is 6.61 Å². The number of carbonyl (C=O) groups excluding carboxylic acids is 1. The van der Waals surface area contributed by atoms with Crippen molar-refractivity contribution in [3.05, 3.63) is 89.7 Å². The smallest absolute Gasteiger partial charge is 0.272 e. The third kappa shape index (κ3) is 4.41. The molecule has 0 saturated carbocycles. The van der Waals surface area contributed by atoms with Crippen molar-refractivity contribution in [1.82, 2.24) is 10.4 Å². The monoisotopic (exact) mass is 429 g/mol. The number of aromatic hydroxyl groups is 1. The predicted octanol–water partition coefficient (Wildman–Crippen LogP) is 4.91. The summed E-state index contributed by atoms with van der Waals surface area (Å²) in [5.74, 6) is -0.505. The number of hydrazone groups is 1. The highest BCUT2D eigenvalue weighted by Gasteiger charge is 2.14. The fourth-order valence-electron chi connectivity index (χ4n) is 3.27. The predicted molar refractivity (Wildman–Crippen MR) is 121 cm³/mol. The summed E-state index contributed by atoms with van der Waals surface area (Å²) >= 11 is 0. The first-order valence-corrected chi connectivity index (χ1v) is 10.0. The molecule has 160 valence electrons. The molecule has 0 aliphatic carbocycles. The number of benzene rings is 3. The van der Waals surface area contributed by atoms with Gasteiger partial charge in [0.05, 0.1) is 29.6 Å². The van der Waals surface area contributed by atoms with Gasteiger partial charge in [-0.1, -0.05) is 24.3 Å². The average molecular weight is 429 g/mol. The number of phenols is 1. The quantitative estimate of drug-likeness (QED) is 0.337. The Hall–Kier alpha value is -4.26. The van der Waals surface area contributed by atoms with Crippen molar-refractivity contribution >= 4 is 23.0 Å². The van der Waals surface area contributed by atoms with Crippen molar-refractivity contribution in [3.8, 4) is 22.8 Å². The lowest BCUT2D eigenvalue weighted by molar-refractivity contribution is 0.0956. The van der Waals surface area contributed by atoms with Crippen LogP contribution in [0.25, 0.3) is 22.2 Å². The molecule has 0 bridgehead atoms. The molecule has 0 aliphatic rings. The molecule has 0 unspecified atom stereocenters. The Labute approximate surface area is 184 Å². The van der Waals surface area contributed by atoms with Gasteiger partial charge >= 0.3 is 0 Å². The number of hydrogen-bond acceptors (Lipinski definition) is 5. The number of fused-ring (bicyclic) bond motifs is 1. The molecule has 4 rings (SSSR count). The van der Waals surface area contributed by atoms with Crippen LogP contribution in [0.3, 0.4) is 0 Å². The van der Waals surface area contributed by atoms with Crippen LogP contribution in [0.15, 0.2) is 77.9 Å². The molecule has 7 heteroatoms. The minimum absolute atomic E-state index is 0.0553. The molecule has 3 aromatic carbocycles. The van der Waals surface area contributed by atoms with E-state index in [-0.39, 0.29) is 11.6 Å². The summed E-state index contributed by atoms with van der Waals surface area (Å²) in [5, 5.41) is 14.9. The molecule has 1 aromatic heterocycles. The zero-order valence-corrected chi connectivity index (χ0v) is 17.2. The van der Waals surface area contributed by atoms with Crippen molar-refractivity contribution in [2.45, 2.75) is 6.92 Å². The number of halogens is 1. The first-order valence-electron chi connectivity index (χ1n) is 10.0. The number of para-hydroxylation sites is 2. The topological polar surface area (TPSA) is 83.8 Å². The Kier molecular flexibility index (Phi) is 6.07. The molecule has 0 spiro atoms. The molecule has 1 heterocycles. The van der Waals surface area contributed by atoms with Gasteiger partial charge in [0.25, 0.3) is 5.91 Å². The molecule has 0 saturated heterocycles. The maximum absolute atomic E-state index is 13.3. The van der Waals surface area contributed by atoms with Gasteiger partial charge in [-0.05, 0) is 55.5 Å². The van der Waals surface area contributed by atoms with Gasteiger partial charge in [0.15, 0.2) is 11.5 Å². The number of pyridine rings is 1. The zero-order chi connectivity index (χ0) is 22.5. The molecular formula is C25H20FN3O3. The van der Waals surface area contributed by atoms with Gasteiger partial charge in [0.2, 0.25) is 0 Å². The second kappa shape index (κ2) is 9.26. The van der Waals surface area contributed by atoms with E-state index in [1.165, 1.54) is 18.3 Å². The van der Waals surface area contributed by atoms with E-state index >= 15 is 0 Å². The molecule has 6 nitrogen and oxygen atoms in total. The van der Waals surface area contributed by atoms with Crippen LogP contribution in [-0.2, 0) is 0 Å². The van der Waals surface area contributed by atoms with Gasteiger partial charge in [0, 0.05) is 16.5 Å². The number of phenolic OH excluding ortho intramolecular Hbond substituents is 1. The highest BCUT2D eigenvalue weighted by atomic mass is 19.1. The van der Waals surface area contributed by atoms with Crippen LogP contribution < -0.4 is 10.2 Å². The first-order chi connectivity index (χ1) is 15.6. The highest BCUT2D eigenvalue weighted by molar-refractivity contribution is 6.07. The fourth-order valence-corrected chi connectivity index (χ4v) is 3.27. The van der Waals surface area contributed by atoms with Crippen LogP contribution in [0, 0.1) is 5.82 Å². The molecule has 1 amide bonds. The van der Waals surface area contributed by atoms with E-state index in [0.717, 1.165) is 0 Å². The number of rotatable bonds is 6. The van der Waals surface area contributed by atoms with Crippen LogP contribution in [0.2, 0.25) is 0 Å². The standard InChI is InChI=1S/C25H20FN3O3/c1-2-32-23-9-5-6-17(24(23)30)15-27-29-25(31)20-14-22(16-10-12-18(26)13-11-16)28-21-8-4-3-7-19(20)21/h3-15,30H,2H2,1H3,(H,29,31). The van der Waals surface area contributed by atoms with E-state index in [2.05, 4.69) is 15.5 Å². The Morgan fingerprint density at radius 2 is 1.91 bits per heavy atom. The molecule has 4 aromatic rings. The van der Waals surface area contributed by atoms with E-state index in [9.17, 15) is 14.3 Å². The third-order valence-corrected chi connectivity index (χ3v) is 4.80. The largest absolute Gasteiger partial charge is 0.504 e. The highest BCUT2D eigenvalue weighted by Crippen LogP contribution is 2.28.